The molecule has 21 heavy (non-hydrogen) atoms. The van der Waals surface area contributed by atoms with Gasteiger partial charge in [0.05, 0.1) is 13.2 Å². The number of alkyl carbamates (subject to hydrolysis) is 1. The predicted octanol–water partition coefficient (Wildman–Crippen LogP) is 3.55. The molecule has 2 rings (SSSR count). The Balaban J connectivity index is 0.000000647. The van der Waals surface area contributed by atoms with Crippen LogP contribution in [0.4, 0.5) is 4.79 Å². The SMILES string of the molecule is C1CO1.CC[C@@H](Cc1ccccc1)NC(=O)OC(C)(C)C. The Kier molecular flexibility index (Phi) is 7.23. The molecule has 0 aliphatic carbocycles. The Hall–Kier alpha value is -1.55. The fourth-order valence-corrected chi connectivity index (χ4v) is 1.67. The first-order valence-corrected chi connectivity index (χ1v) is 7.52. The van der Waals surface area contributed by atoms with Crippen LogP contribution < -0.4 is 5.32 Å². The van der Waals surface area contributed by atoms with Crippen molar-refractivity contribution < 1.29 is 14.3 Å². The van der Waals surface area contributed by atoms with Crippen molar-refractivity contribution in [1.82, 2.24) is 5.32 Å². The molecular formula is C17H27NO3. The fourth-order valence-electron chi connectivity index (χ4n) is 1.67. The number of carbonyl (C=O) groups excluding carboxylic acids is 1. The highest BCUT2D eigenvalue weighted by atomic mass is 16.6. The Morgan fingerprint density at radius 1 is 1.29 bits per heavy atom. The van der Waals surface area contributed by atoms with Gasteiger partial charge in [-0.05, 0) is 39.2 Å². The molecule has 1 aliphatic rings. The van der Waals surface area contributed by atoms with Gasteiger partial charge in [0.15, 0.2) is 0 Å². The number of hydrogen-bond acceptors (Lipinski definition) is 3. The number of hydrogen-bond donors (Lipinski definition) is 1. The minimum absolute atomic E-state index is 0.113. The third-order valence-electron chi connectivity index (χ3n) is 2.74. The molecule has 1 aromatic carbocycles. The van der Waals surface area contributed by atoms with Gasteiger partial charge < -0.3 is 14.8 Å². The van der Waals surface area contributed by atoms with Gasteiger partial charge in [-0.15, -0.1) is 0 Å². The van der Waals surface area contributed by atoms with E-state index >= 15 is 0 Å². The van der Waals surface area contributed by atoms with Crippen LogP contribution in [-0.4, -0.2) is 30.9 Å². The van der Waals surface area contributed by atoms with Crippen molar-refractivity contribution in [2.75, 3.05) is 13.2 Å². The van der Waals surface area contributed by atoms with Gasteiger partial charge in [-0.3, -0.25) is 0 Å². The average molecular weight is 293 g/mol. The third kappa shape index (κ3) is 9.91. The van der Waals surface area contributed by atoms with Crippen LogP contribution in [0.2, 0.25) is 0 Å². The zero-order chi connectivity index (χ0) is 15.7. The number of epoxide rings is 1. The molecule has 0 radical (unpaired) electrons. The van der Waals surface area contributed by atoms with Crippen molar-refractivity contribution in [2.45, 2.75) is 52.2 Å². The summed E-state index contributed by atoms with van der Waals surface area (Å²) in [6.07, 6.45) is 1.37. The van der Waals surface area contributed by atoms with E-state index in [1.165, 1.54) is 5.56 Å². The monoisotopic (exact) mass is 293 g/mol. The largest absolute Gasteiger partial charge is 0.444 e. The van der Waals surface area contributed by atoms with Crippen molar-refractivity contribution in [3.05, 3.63) is 35.9 Å². The van der Waals surface area contributed by atoms with E-state index in [2.05, 4.69) is 29.1 Å². The van der Waals surface area contributed by atoms with E-state index in [1.54, 1.807) is 0 Å². The quantitative estimate of drug-likeness (QED) is 0.864. The molecule has 0 aromatic heterocycles. The van der Waals surface area contributed by atoms with E-state index in [-0.39, 0.29) is 12.1 Å². The second-order valence-corrected chi connectivity index (χ2v) is 6.05. The number of carbonyl (C=O) groups is 1. The van der Waals surface area contributed by atoms with Gasteiger partial charge in [-0.25, -0.2) is 4.79 Å². The Morgan fingerprint density at radius 3 is 2.29 bits per heavy atom. The van der Waals surface area contributed by atoms with Gasteiger partial charge in [0, 0.05) is 6.04 Å². The lowest BCUT2D eigenvalue weighted by molar-refractivity contribution is 0.0503. The van der Waals surface area contributed by atoms with Gasteiger partial charge >= 0.3 is 6.09 Å². The van der Waals surface area contributed by atoms with Crippen LogP contribution in [0.3, 0.4) is 0 Å². The number of nitrogens with one attached hydrogen (secondary N) is 1. The van der Waals surface area contributed by atoms with Crippen LogP contribution in [0.25, 0.3) is 0 Å². The van der Waals surface area contributed by atoms with E-state index in [4.69, 9.17) is 4.74 Å². The Bertz CT molecular complexity index is 407. The van der Waals surface area contributed by atoms with Crippen LogP contribution in [0.5, 0.6) is 0 Å². The summed E-state index contributed by atoms with van der Waals surface area (Å²) in [6, 6.07) is 10.3. The van der Waals surface area contributed by atoms with Crippen LogP contribution >= 0.6 is 0 Å². The van der Waals surface area contributed by atoms with E-state index in [0.29, 0.717) is 0 Å². The van der Waals surface area contributed by atoms with E-state index in [0.717, 1.165) is 26.1 Å². The van der Waals surface area contributed by atoms with Crippen molar-refractivity contribution in [3.8, 4) is 0 Å². The van der Waals surface area contributed by atoms with E-state index in [9.17, 15) is 4.79 Å². The van der Waals surface area contributed by atoms with Gasteiger partial charge in [0.25, 0.3) is 0 Å². The summed E-state index contributed by atoms with van der Waals surface area (Å²) in [5.74, 6) is 0. The van der Waals surface area contributed by atoms with Crippen LogP contribution in [-0.2, 0) is 15.9 Å². The summed E-state index contributed by atoms with van der Waals surface area (Å²) in [5, 5.41) is 2.91. The lowest BCUT2D eigenvalue weighted by Crippen LogP contribution is -2.39. The molecule has 1 heterocycles. The van der Waals surface area contributed by atoms with Crippen molar-refractivity contribution >= 4 is 6.09 Å². The van der Waals surface area contributed by atoms with Crippen molar-refractivity contribution in [1.29, 1.82) is 0 Å². The normalized spacial score (nSPS) is 14.5. The van der Waals surface area contributed by atoms with Gasteiger partial charge in [0.1, 0.15) is 5.60 Å². The number of amides is 1. The molecule has 1 saturated heterocycles. The van der Waals surface area contributed by atoms with Gasteiger partial charge in [0.2, 0.25) is 0 Å². The zero-order valence-corrected chi connectivity index (χ0v) is 13.5. The molecule has 1 aromatic rings. The first-order chi connectivity index (χ1) is 9.90. The fraction of sp³-hybridized carbons (Fsp3) is 0.588. The summed E-state index contributed by atoms with van der Waals surface area (Å²) < 4.78 is 9.76. The van der Waals surface area contributed by atoms with Crippen LogP contribution in [0.1, 0.15) is 39.7 Å². The van der Waals surface area contributed by atoms with Crippen molar-refractivity contribution in [2.24, 2.45) is 0 Å². The third-order valence-corrected chi connectivity index (χ3v) is 2.74. The molecule has 1 N–H and O–H groups in total. The number of ether oxygens (including phenoxy) is 2. The molecule has 1 fully saturated rings. The minimum Gasteiger partial charge on any atom is -0.444 e. The Morgan fingerprint density at radius 2 is 1.86 bits per heavy atom. The highest BCUT2D eigenvalue weighted by Gasteiger charge is 2.18. The smallest absolute Gasteiger partial charge is 0.407 e. The first-order valence-electron chi connectivity index (χ1n) is 7.52. The highest BCUT2D eigenvalue weighted by Crippen LogP contribution is 2.09. The van der Waals surface area contributed by atoms with Gasteiger partial charge in [-0.1, -0.05) is 37.3 Å². The molecule has 4 nitrogen and oxygen atoms in total. The molecule has 0 saturated carbocycles. The maximum Gasteiger partial charge on any atom is 0.407 e. The standard InChI is InChI=1S/C15H23NO2.C2H4O/c1-5-13(11-12-9-7-6-8-10-12)16-14(17)18-15(2,3)4;1-2-3-1/h6-10,13H,5,11H2,1-4H3,(H,16,17);1-2H2/t13-;/m0./s1. The molecule has 0 bridgehead atoms. The lowest BCUT2D eigenvalue weighted by Gasteiger charge is -2.23. The van der Waals surface area contributed by atoms with Crippen LogP contribution in [0.15, 0.2) is 30.3 Å². The second-order valence-electron chi connectivity index (χ2n) is 6.05. The van der Waals surface area contributed by atoms with Gasteiger partial charge in [-0.2, -0.15) is 0 Å². The molecule has 0 spiro atoms. The lowest BCUT2D eigenvalue weighted by atomic mass is 10.0. The molecular weight excluding hydrogens is 266 g/mol. The maximum absolute atomic E-state index is 11.7. The average Bonchev–Trinajstić information content (AvgIpc) is 3.25. The van der Waals surface area contributed by atoms with Crippen molar-refractivity contribution in [3.63, 3.8) is 0 Å². The summed E-state index contributed by atoms with van der Waals surface area (Å²) in [7, 11) is 0. The topological polar surface area (TPSA) is 50.9 Å². The highest BCUT2D eigenvalue weighted by molar-refractivity contribution is 5.68. The zero-order valence-electron chi connectivity index (χ0n) is 13.5. The molecule has 118 valence electrons. The van der Waals surface area contributed by atoms with Crippen LogP contribution in [0, 0.1) is 0 Å². The summed E-state index contributed by atoms with van der Waals surface area (Å²) in [5.41, 5.74) is 0.773. The summed E-state index contributed by atoms with van der Waals surface area (Å²) in [4.78, 5) is 11.7. The number of benzene rings is 1. The molecule has 1 aliphatic heterocycles. The maximum atomic E-state index is 11.7. The Labute approximate surface area is 127 Å². The molecule has 4 heteroatoms. The first kappa shape index (κ1) is 17.5. The summed E-state index contributed by atoms with van der Waals surface area (Å²) in [6.45, 7) is 9.66. The summed E-state index contributed by atoms with van der Waals surface area (Å²) >= 11 is 0. The van der Waals surface area contributed by atoms with E-state index in [1.807, 2.05) is 39.0 Å². The minimum atomic E-state index is -0.449. The predicted molar refractivity (Wildman–Crippen MR) is 84.4 cm³/mol. The second kappa shape index (κ2) is 8.67. The van der Waals surface area contributed by atoms with E-state index < -0.39 is 5.60 Å². The number of rotatable bonds is 4. The molecule has 1 atom stereocenters. The molecule has 1 amide bonds. The molecule has 0 unspecified atom stereocenters.